The summed E-state index contributed by atoms with van der Waals surface area (Å²) in [4.78, 5) is 24.5. The van der Waals surface area contributed by atoms with Gasteiger partial charge in [0.25, 0.3) is 0 Å². The second kappa shape index (κ2) is 16.7. The second-order valence-corrected chi connectivity index (χ2v) is 11.9. The van der Waals surface area contributed by atoms with Gasteiger partial charge < -0.3 is 36.1 Å². The van der Waals surface area contributed by atoms with Crippen molar-refractivity contribution in [2.75, 3.05) is 34.0 Å². The van der Waals surface area contributed by atoms with E-state index in [1.165, 1.54) is 0 Å². The van der Waals surface area contributed by atoms with Crippen LogP contribution in [0.5, 0.6) is 11.5 Å². The van der Waals surface area contributed by atoms with Crippen molar-refractivity contribution < 1.29 is 28.9 Å². The number of amides is 2. The number of hydrogen-bond acceptors (Lipinski definition) is 7. The van der Waals surface area contributed by atoms with Gasteiger partial charge in [0.15, 0.2) is 11.5 Å². The summed E-state index contributed by atoms with van der Waals surface area (Å²) in [6, 6.07) is 5.47. The number of primary amides is 1. The normalized spacial score (nSPS) is 15.1. The highest BCUT2D eigenvalue weighted by molar-refractivity contribution is 5.83. The molecule has 4 atom stereocenters. The number of nitrogens with two attached hydrogens (primary N) is 2. The van der Waals surface area contributed by atoms with Crippen LogP contribution in [0.4, 0.5) is 0 Å². The number of methoxy groups -OCH3 is 2. The van der Waals surface area contributed by atoms with E-state index in [1.807, 2.05) is 32.0 Å². The second-order valence-electron chi connectivity index (χ2n) is 11.9. The van der Waals surface area contributed by atoms with Gasteiger partial charge in [0, 0.05) is 38.6 Å². The van der Waals surface area contributed by atoms with E-state index in [2.05, 4.69) is 19.2 Å². The Morgan fingerprint density at radius 1 is 1.03 bits per heavy atom. The highest BCUT2D eigenvalue weighted by atomic mass is 16.5. The van der Waals surface area contributed by atoms with Crippen LogP contribution in [0.3, 0.4) is 0 Å². The third-order valence-electron chi connectivity index (χ3n) is 7.50. The van der Waals surface area contributed by atoms with Crippen LogP contribution >= 0.6 is 0 Å². The average Bonchev–Trinajstić information content (AvgIpc) is 2.87. The lowest BCUT2D eigenvalue weighted by Crippen LogP contribution is -2.46. The molecule has 1 aromatic rings. The Hall–Kier alpha value is -2.36. The lowest BCUT2D eigenvalue weighted by atomic mass is 9.80. The molecule has 0 aliphatic carbocycles. The molecule has 6 N–H and O–H groups in total. The molecule has 39 heavy (non-hydrogen) atoms. The molecule has 1 rings (SSSR count). The van der Waals surface area contributed by atoms with Crippen molar-refractivity contribution in [2.24, 2.45) is 40.6 Å². The van der Waals surface area contributed by atoms with E-state index >= 15 is 0 Å². The van der Waals surface area contributed by atoms with E-state index in [4.69, 9.17) is 25.7 Å². The van der Waals surface area contributed by atoms with Crippen molar-refractivity contribution >= 4 is 11.8 Å². The Kier molecular flexibility index (Phi) is 14.8. The Morgan fingerprint density at radius 3 is 2.23 bits per heavy atom. The number of ether oxygens (including phenoxy) is 3. The number of carbonyl (C=O) groups excluding carboxylic acids is 2. The molecule has 0 unspecified atom stereocenters. The number of aliphatic hydroxyl groups is 1. The first-order valence-corrected chi connectivity index (χ1v) is 14.0. The standard InChI is InChI=1S/C30H53N3O6/c1-19(2)22(14-21-10-11-26(38-8)27(15-21)39-13-9-12-37-7)16-24(31)25(34)17-23(20(3)4)28(35)33-18-30(5,6)29(32)36/h10-11,15,19-20,22-25,34H,9,12-14,16-18,31H2,1-8H3,(H2,32,36)(H,33,35)/t22-,23+,24-,25-/m0/s1. The van der Waals surface area contributed by atoms with Crippen molar-refractivity contribution in [3.8, 4) is 11.5 Å². The molecule has 0 saturated carbocycles. The summed E-state index contributed by atoms with van der Waals surface area (Å²) >= 11 is 0. The Labute approximate surface area is 235 Å². The third-order valence-corrected chi connectivity index (χ3v) is 7.50. The Morgan fingerprint density at radius 2 is 1.69 bits per heavy atom. The SMILES string of the molecule is COCCCOc1cc(C[C@@H](C[C@H](N)[C@@H](O)C[C@@H](C(=O)NCC(C)(C)C(N)=O)C(C)C)C(C)C)ccc1OC. The summed E-state index contributed by atoms with van der Waals surface area (Å²) in [7, 11) is 3.29. The summed E-state index contributed by atoms with van der Waals surface area (Å²) in [6.45, 7) is 12.9. The molecular weight excluding hydrogens is 498 g/mol. The van der Waals surface area contributed by atoms with E-state index in [-0.39, 0.29) is 30.7 Å². The Balaban J connectivity index is 2.87. The molecule has 224 valence electrons. The van der Waals surface area contributed by atoms with E-state index in [9.17, 15) is 14.7 Å². The molecule has 0 heterocycles. The number of hydrogen-bond donors (Lipinski definition) is 4. The largest absolute Gasteiger partial charge is 0.493 e. The molecule has 0 aliphatic heterocycles. The molecular formula is C30H53N3O6. The van der Waals surface area contributed by atoms with Gasteiger partial charge >= 0.3 is 0 Å². The van der Waals surface area contributed by atoms with Crippen molar-refractivity contribution in [1.29, 1.82) is 0 Å². The monoisotopic (exact) mass is 551 g/mol. The first-order chi connectivity index (χ1) is 18.2. The van der Waals surface area contributed by atoms with E-state index in [0.717, 1.165) is 18.4 Å². The quantitative estimate of drug-likeness (QED) is 0.193. The maximum absolute atomic E-state index is 12.9. The van der Waals surface area contributed by atoms with Crippen LogP contribution < -0.4 is 26.3 Å². The minimum atomic E-state index is -0.854. The fraction of sp³-hybridized carbons (Fsp3) is 0.733. The molecule has 0 aromatic heterocycles. The van der Waals surface area contributed by atoms with Gasteiger partial charge in [-0.2, -0.15) is 0 Å². The summed E-state index contributed by atoms with van der Waals surface area (Å²) < 4.78 is 16.5. The van der Waals surface area contributed by atoms with Gasteiger partial charge in [0.2, 0.25) is 11.8 Å². The highest BCUT2D eigenvalue weighted by Crippen LogP contribution is 2.32. The first-order valence-electron chi connectivity index (χ1n) is 14.0. The molecule has 1 aromatic carbocycles. The summed E-state index contributed by atoms with van der Waals surface area (Å²) in [6.07, 6.45) is 1.56. The predicted molar refractivity (Wildman–Crippen MR) is 155 cm³/mol. The van der Waals surface area contributed by atoms with E-state index in [0.29, 0.717) is 37.1 Å². The van der Waals surface area contributed by atoms with Gasteiger partial charge in [-0.25, -0.2) is 0 Å². The zero-order valence-electron chi connectivity index (χ0n) is 25.3. The number of aliphatic hydroxyl groups excluding tert-OH is 1. The van der Waals surface area contributed by atoms with E-state index < -0.39 is 29.4 Å². The molecule has 0 fully saturated rings. The maximum atomic E-state index is 12.9. The van der Waals surface area contributed by atoms with Gasteiger partial charge in [-0.3, -0.25) is 9.59 Å². The van der Waals surface area contributed by atoms with Crippen molar-refractivity contribution in [2.45, 2.75) is 79.4 Å². The van der Waals surface area contributed by atoms with Crippen molar-refractivity contribution in [3.05, 3.63) is 23.8 Å². The fourth-order valence-electron chi connectivity index (χ4n) is 4.39. The number of benzene rings is 1. The minimum Gasteiger partial charge on any atom is -0.493 e. The lowest BCUT2D eigenvalue weighted by Gasteiger charge is -2.30. The topological polar surface area (TPSA) is 146 Å². The van der Waals surface area contributed by atoms with Crippen LogP contribution in [0.25, 0.3) is 0 Å². The van der Waals surface area contributed by atoms with Crippen molar-refractivity contribution in [1.82, 2.24) is 5.32 Å². The van der Waals surface area contributed by atoms with Crippen LogP contribution in [0.15, 0.2) is 18.2 Å². The van der Waals surface area contributed by atoms with Gasteiger partial charge in [0.05, 0.1) is 25.2 Å². The minimum absolute atomic E-state index is 0.00829. The van der Waals surface area contributed by atoms with Gasteiger partial charge in [-0.1, -0.05) is 33.8 Å². The Bertz CT molecular complexity index is 889. The first kappa shape index (κ1) is 34.7. The van der Waals surface area contributed by atoms with Crippen LogP contribution in [-0.4, -0.2) is 63.0 Å². The summed E-state index contributed by atoms with van der Waals surface area (Å²) in [5.41, 5.74) is 12.2. The van der Waals surface area contributed by atoms with Crippen LogP contribution in [0.2, 0.25) is 0 Å². The molecule has 0 radical (unpaired) electrons. The van der Waals surface area contributed by atoms with Gasteiger partial charge in [-0.15, -0.1) is 0 Å². The predicted octanol–water partition coefficient (Wildman–Crippen LogP) is 3.29. The fourth-order valence-corrected chi connectivity index (χ4v) is 4.39. The summed E-state index contributed by atoms with van der Waals surface area (Å²) in [5, 5.41) is 13.9. The van der Waals surface area contributed by atoms with Gasteiger partial charge in [0.1, 0.15) is 0 Å². The van der Waals surface area contributed by atoms with Crippen molar-refractivity contribution in [3.63, 3.8) is 0 Å². The van der Waals surface area contributed by atoms with E-state index in [1.54, 1.807) is 28.1 Å². The van der Waals surface area contributed by atoms with Crippen LogP contribution in [-0.2, 0) is 20.7 Å². The lowest BCUT2D eigenvalue weighted by molar-refractivity contribution is -0.130. The number of rotatable bonds is 19. The zero-order valence-corrected chi connectivity index (χ0v) is 25.3. The van der Waals surface area contributed by atoms with Crippen LogP contribution in [0, 0.1) is 29.1 Å². The molecule has 0 saturated heterocycles. The molecule has 0 bridgehead atoms. The molecule has 9 nitrogen and oxygen atoms in total. The maximum Gasteiger partial charge on any atom is 0.224 e. The molecule has 0 spiro atoms. The molecule has 0 aliphatic rings. The number of carbonyl (C=O) groups is 2. The molecule has 2 amide bonds. The third kappa shape index (κ3) is 11.7. The highest BCUT2D eigenvalue weighted by Gasteiger charge is 2.32. The molecule has 9 heteroatoms. The van der Waals surface area contributed by atoms with Gasteiger partial charge in [-0.05, 0) is 68.6 Å². The number of nitrogens with one attached hydrogen (secondary N) is 1. The van der Waals surface area contributed by atoms with Crippen LogP contribution in [0.1, 0.15) is 66.4 Å². The smallest absolute Gasteiger partial charge is 0.224 e. The zero-order chi connectivity index (χ0) is 29.8. The summed E-state index contributed by atoms with van der Waals surface area (Å²) in [5.74, 6) is 0.792. The average molecular weight is 552 g/mol.